The Morgan fingerprint density at radius 3 is 2.43 bits per heavy atom. The van der Waals surface area contributed by atoms with Crippen LogP contribution in [0.5, 0.6) is 11.5 Å². The van der Waals surface area contributed by atoms with Gasteiger partial charge in [-0.3, -0.25) is 9.35 Å². The van der Waals surface area contributed by atoms with Crippen molar-refractivity contribution in [1.29, 1.82) is 0 Å². The van der Waals surface area contributed by atoms with Gasteiger partial charge < -0.3 is 19.1 Å². The van der Waals surface area contributed by atoms with Crippen molar-refractivity contribution in [3.05, 3.63) is 87.9 Å². The van der Waals surface area contributed by atoms with Crippen molar-refractivity contribution in [1.82, 2.24) is 4.90 Å². The molecule has 2 aliphatic heterocycles. The van der Waals surface area contributed by atoms with E-state index in [1.807, 2.05) is 12.1 Å². The third-order valence-electron chi connectivity index (χ3n) is 7.46. The molecular formula is C32H38BrNO7S. The molecule has 226 valence electrons. The Balaban J connectivity index is 0.000000343. The molecule has 1 saturated heterocycles. The van der Waals surface area contributed by atoms with Crippen molar-refractivity contribution >= 4 is 31.8 Å². The first-order valence-electron chi connectivity index (χ1n) is 14.2. The number of benzene rings is 3. The minimum Gasteiger partial charge on any atom is -0.492 e. The normalized spacial score (nSPS) is 15.7. The number of halogens is 1. The molecule has 3 aromatic carbocycles. The van der Waals surface area contributed by atoms with Crippen LogP contribution in [0, 0.1) is 5.92 Å². The molecule has 1 N–H and O–H groups in total. The van der Waals surface area contributed by atoms with Crippen LogP contribution in [-0.2, 0) is 27.7 Å². The minimum atomic E-state index is -4.00. The number of ketones is 1. The molecular weight excluding hydrogens is 622 g/mol. The van der Waals surface area contributed by atoms with Gasteiger partial charge in [0.15, 0.2) is 5.78 Å². The van der Waals surface area contributed by atoms with E-state index in [0.717, 1.165) is 54.0 Å². The molecule has 0 amide bonds. The summed E-state index contributed by atoms with van der Waals surface area (Å²) < 4.78 is 46.7. The van der Waals surface area contributed by atoms with Gasteiger partial charge in [-0.2, -0.15) is 8.42 Å². The molecule has 42 heavy (non-hydrogen) atoms. The third-order valence-corrected chi connectivity index (χ3v) is 8.98. The number of piperidine rings is 1. The smallest absolute Gasteiger partial charge is 0.294 e. The van der Waals surface area contributed by atoms with Crippen LogP contribution in [0.1, 0.15) is 40.7 Å². The molecule has 5 rings (SSSR count). The molecule has 0 atom stereocenters. The Kier molecular flexibility index (Phi) is 12.0. The van der Waals surface area contributed by atoms with Crippen LogP contribution in [0.25, 0.3) is 0 Å². The second-order valence-electron chi connectivity index (χ2n) is 10.5. The van der Waals surface area contributed by atoms with Gasteiger partial charge in [-0.15, -0.1) is 0 Å². The van der Waals surface area contributed by atoms with Crippen LogP contribution >= 0.6 is 15.9 Å². The van der Waals surface area contributed by atoms with Gasteiger partial charge in [-0.05, 0) is 108 Å². The molecule has 0 aromatic heterocycles. The van der Waals surface area contributed by atoms with Gasteiger partial charge in [-0.1, -0.05) is 30.3 Å². The predicted octanol–water partition coefficient (Wildman–Crippen LogP) is 5.87. The summed E-state index contributed by atoms with van der Waals surface area (Å²) in [6.07, 6.45) is 4.98. The summed E-state index contributed by atoms with van der Waals surface area (Å²) in [7, 11) is -2.32. The first kappa shape index (κ1) is 32.2. The Bertz CT molecular complexity index is 1420. The monoisotopic (exact) mass is 659 g/mol. The van der Waals surface area contributed by atoms with Gasteiger partial charge in [0.05, 0.1) is 28.1 Å². The lowest BCUT2D eigenvalue weighted by Crippen LogP contribution is -2.35. The number of carbonyl (C=O) groups is 1. The number of hydrogen-bond donors (Lipinski definition) is 1. The first-order chi connectivity index (χ1) is 20.2. The Morgan fingerprint density at radius 2 is 1.74 bits per heavy atom. The van der Waals surface area contributed by atoms with E-state index >= 15 is 0 Å². The van der Waals surface area contributed by atoms with Crippen LogP contribution in [0.4, 0.5) is 0 Å². The lowest BCUT2D eigenvalue weighted by atomic mass is 9.90. The zero-order chi connectivity index (χ0) is 30.0. The fourth-order valence-corrected chi connectivity index (χ4v) is 5.97. The summed E-state index contributed by atoms with van der Waals surface area (Å²) in [5.74, 6) is 2.55. The number of ether oxygens (including phenoxy) is 3. The van der Waals surface area contributed by atoms with E-state index in [2.05, 4.69) is 45.1 Å². The molecule has 0 bridgehead atoms. The zero-order valence-electron chi connectivity index (χ0n) is 23.8. The van der Waals surface area contributed by atoms with Crippen molar-refractivity contribution in [2.45, 2.75) is 37.0 Å². The molecule has 0 unspecified atom stereocenters. The molecule has 0 saturated carbocycles. The standard InChI is InChI=1S/C26H32BrNO4.C6H6O3S/c1-30-14-15-32-26-18-21(2-4-23(26)27)16-20-7-11-28(12-8-20)10-6-19-3-5-25-22(17-19)24(29)9-13-31-25;7-10(8,9)6-4-2-1-3-5-6/h2-5,17-18,20H,6-16H2,1H3;1-5H,(H,7,8,9). The number of hydrogen-bond acceptors (Lipinski definition) is 7. The maximum atomic E-state index is 12.1. The average Bonchev–Trinajstić information content (AvgIpc) is 2.99. The summed E-state index contributed by atoms with van der Waals surface area (Å²) in [4.78, 5) is 14.6. The molecule has 1 fully saturated rings. The zero-order valence-corrected chi connectivity index (χ0v) is 26.2. The average molecular weight is 661 g/mol. The first-order valence-corrected chi connectivity index (χ1v) is 16.4. The molecule has 8 nitrogen and oxygen atoms in total. The van der Waals surface area contributed by atoms with Crippen LogP contribution in [0.2, 0.25) is 0 Å². The topological polar surface area (TPSA) is 102 Å². The highest BCUT2D eigenvalue weighted by atomic mass is 79.9. The van der Waals surface area contributed by atoms with Crippen LogP contribution < -0.4 is 9.47 Å². The second-order valence-corrected chi connectivity index (χ2v) is 12.8. The van der Waals surface area contributed by atoms with Crippen LogP contribution in [-0.4, -0.2) is 70.2 Å². The van der Waals surface area contributed by atoms with Crippen molar-refractivity contribution in [3.8, 4) is 11.5 Å². The molecule has 0 radical (unpaired) electrons. The number of likely N-dealkylation sites (tertiary alicyclic amines) is 1. The highest BCUT2D eigenvalue weighted by molar-refractivity contribution is 9.10. The summed E-state index contributed by atoms with van der Waals surface area (Å²) >= 11 is 3.58. The fraction of sp³-hybridized carbons (Fsp3) is 0.406. The number of methoxy groups -OCH3 is 1. The molecule has 3 aromatic rings. The van der Waals surface area contributed by atoms with Crippen LogP contribution in [0.15, 0.2) is 76.1 Å². The molecule has 2 heterocycles. The fourth-order valence-electron chi connectivity index (χ4n) is 5.11. The van der Waals surface area contributed by atoms with Crippen LogP contribution in [0.3, 0.4) is 0 Å². The Morgan fingerprint density at radius 1 is 1.00 bits per heavy atom. The van der Waals surface area contributed by atoms with Gasteiger partial charge in [-0.25, -0.2) is 0 Å². The van der Waals surface area contributed by atoms with Crippen molar-refractivity contribution in [3.63, 3.8) is 0 Å². The Labute approximate surface area is 256 Å². The number of carbonyl (C=O) groups excluding carboxylic acids is 1. The van der Waals surface area contributed by atoms with Crippen molar-refractivity contribution in [2.24, 2.45) is 5.92 Å². The van der Waals surface area contributed by atoms with Crippen molar-refractivity contribution in [2.75, 3.05) is 46.6 Å². The number of Topliss-reactive ketones (excluding diaryl/α,β-unsaturated/α-hetero) is 1. The van der Waals surface area contributed by atoms with Gasteiger partial charge in [0.1, 0.15) is 18.1 Å². The lowest BCUT2D eigenvalue weighted by molar-refractivity contribution is 0.0933. The molecule has 0 aliphatic carbocycles. The maximum absolute atomic E-state index is 12.1. The van der Waals surface area contributed by atoms with E-state index in [9.17, 15) is 13.2 Å². The minimum absolute atomic E-state index is 0.0741. The molecule has 0 spiro atoms. The van der Waals surface area contributed by atoms with Gasteiger partial charge in [0.2, 0.25) is 0 Å². The quantitative estimate of drug-likeness (QED) is 0.213. The predicted molar refractivity (Wildman–Crippen MR) is 165 cm³/mol. The number of rotatable bonds is 10. The highest BCUT2D eigenvalue weighted by Gasteiger charge is 2.21. The van der Waals surface area contributed by atoms with Gasteiger partial charge in [0, 0.05) is 20.1 Å². The second kappa shape index (κ2) is 15.6. The van der Waals surface area contributed by atoms with E-state index in [1.165, 1.54) is 36.1 Å². The number of nitrogens with zero attached hydrogens (tertiary/aromatic N) is 1. The maximum Gasteiger partial charge on any atom is 0.294 e. The summed E-state index contributed by atoms with van der Waals surface area (Å²) in [5.41, 5.74) is 3.31. The number of fused-ring (bicyclic) bond motifs is 1. The SMILES string of the molecule is COCCOc1cc(CC2CCN(CCc3ccc4c(c3)C(=O)CCO4)CC2)ccc1Br.O=S(=O)(O)c1ccccc1. The summed E-state index contributed by atoms with van der Waals surface area (Å²) in [6, 6.07) is 20.0. The molecule has 2 aliphatic rings. The lowest BCUT2D eigenvalue weighted by Gasteiger charge is -2.32. The Hall–Kier alpha value is -2.76. The van der Waals surface area contributed by atoms with Gasteiger partial charge >= 0.3 is 0 Å². The summed E-state index contributed by atoms with van der Waals surface area (Å²) in [5, 5.41) is 0. The highest BCUT2D eigenvalue weighted by Crippen LogP contribution is 2.30. The van der Waals surface area contributed by atoms with E-state index in [-0.39, 0.29) is 10.7 Å². The summed E-state index contributed by atoms with van der Waals surface area (Å²) in [6.45, 7) is 4.95. The van der Waals surface area contributed by atoms with E-state index in [1.54, 1.807) is 25.3 Å². The largest absolute Gasteiger partial charge is 0.492 e. The van der Waals surface area contributed by atoms with Crippen molar-refractivity contribution < 1.29 is 32.0 Å². The van der Waals surface area contributed by atoms with E-state index in [4.69, 9.17) is 18.8 Å². The van der Waals surface area contributed by atoms with Gasteiger partial charge in [0.25, 0.3) is 10.1 Å². The van der Waals surface area contributed by atoms with E-state index < -0.39 is 10.1 Å². The third kappa shape index (κ3) is 9.64. The molecule has 10 heteroatoms. The van der Waals surface area contributed by atoms with E-state index in [0.29, 0.717) is 32.2 Å².